The van der Waals surface area contributed by atoms with E-state index in [1.165, 1.54) is 70.6 Å². The van der Waals surface area contributed by atoms with E-state index in [0.29, 0.717) is 33.1 Å². The van der Waals surface area contributed by atoms with Crippen molar-refractivity contribution in [1.29, 1.82) is 0 Å². The number of hydrogen-bond acceptors (Lipinski definition) is 2. The Labute approximate surface area is 212 Å². The lowest BCUT2D eigenvalue weighted by molar-refractivity contribution is -0.239. The molecule has 2 heteroatoms. The molecule has 0 aromatic rings. The van der Waals surface area contributed by atoms with Crippen LogP contribution in [0.25, 0.3) is 0 Å². The second kappa shape index (κ2) is 9.20. The minimum Gasteiger partial charge on any atom is -0.384 e. The molecule has 8 unspecified atom stereocenters. The normalized spacial score (nSPS) is 51.1. The fourth-order valence-electron chi connectivity index (χ4n) is 11.8. The molecule has 2 nitrogen and oxygen atoms in total. The Hall–Kier alpha value is -0.340. The summed E-state index contributed by atoms with van der Waals surface area (Å²) in [7, 11) is 4.14. The number of ether oxygens (including phenoxy) is 1. The van der Waals surface area contributed by atoms with Crippen LogP contribution < -0.4 is 5.32 Å². The van der Waals surface area contributed by atoms with Gasteiger partial charge in [-0.25, -0.2) is 0 Å². The van der Waals surface area contributed by atoms with Crippen molar-refractivity contribution in [3.63, 3.8) is 0 Å². The Morgan fingerprint density at radius 2 is 1.53 bits per heavy atom. The number of methoxy groups -OCH3 is 1. The predicted molar refractivity (Wildman–Crippen MR) is 146 cm³/mol. The third-order valence-electron chi connectivity index (χ3n) is 13.4. The molecule has 0 aromatic heterocycles. The molecule has 0 aromatic carbocycles. The average Bonchev–Trinajstić information content (AvgIpc) is 3.19. The zero-order valence-corrected chi connectivity index (χ0v) is 24.1. The van der Waals surface area contributed by atoms with Gasteiger partial charge in [0.15, 0.2) is 0 Å². The molecule has 5 rings (SSSR count). The highest BCUT2D eigenvalue weighted by Crippen LogP contribution is 2.76. The molecule has 0 bridgehead atoms. The third-order valence-corrected chi connectivity index (χ3v) is 13.4. The van der Waals surface area contributed by atoms with Crippen LogP contribution in [0.3, 0.4) is 0 Å². The van der Waals surface area contributed by atoms with Crippen LogP contribution >= 0.6 is 0 Å². The quantitative estimate of drug-likeness (QED) is 0.418. The highest BCUT2D eigenvalue weighted by molar-refractivity contribution is 5.19. The van der Waals surface area contributed by atoms with Crippen LogP contribution in [0.2, 0.25) is 0 Å². The Balaban J connectivity index is 0.000000868. The fraction of sp³-hybridized carbons (Fsp3) is 0.938. The number of rotatable bonds is 3. The van der Waals surface area contributed by atoms with E-state index in [2.05, 4.69) is 53.6 Å². The first-order chi connectivity index (χ1) is 16.0. The van der Waals surface area contributed by atoms with Gasteiger partial charge in [0.05, 0.1) is 6.61 Å². The van der Waals surface area contributed by atoms with E-state index in [9.17, 15) is 0 Å². The van der Waals surface area contributed by atoms with Crippen LogP contribution in [0.1, 0.15) is 112 Å². The Morgan fingerprint density at radius 3 is 2.18 bits per heavy atom. The van der Waals surface area contributed by atoms with Crippen LogP contribution in [0.15, 0.2) is 12.7 Å². The van der Waals surface area contributed by atoms with Crippen LogP contribution in [0, 0.1) is 50.7 Å². The van der Waals surface area contributed by atoms with Crippen LogP contribution in [-0.4, -0.2) is 26.8 Å². The van der Waals surface area contributed by atoms with Gasteiger partial charge in [-0.2, -0.15) is 0 Å². The molecule has 5 saturated carbocycles. The molecule has 1 N–H and O–H groups in total. The molecule has 0 amide bonds. The molecule has 5 fully saturated rings. The van der Waals surface area contributed by atoms with Gasteiger partial charge in [-0.1, -0.05) is 47.1 Å². The van der Waals surface area contributed by atoms with Gasteiger partial charge < -0.3 is 10.1 Å². The molecule has 0 aliphatic heterocycles. The summed E-state index contributed by atoms with van der Waals surface area (Å²) in [5.41, 5.74) is 2.49. The number of fused-ring (bicyclic) bond motifs is 7. The first-order valence-electron chi connectivity index (χ1n) is 14.7. The molecular weight excluding hydrogens is 414 g/mol. The maximum atomic E-state index is 5.85. The van der Waals surface area contributed by atoms with E-state index in [4.69, 9.17) is 4.74 Å². The summed E-state index contributed by atoms with van der Waals surface area (Å²) in [5.74, 6) is 3.63. The molecule has 0 spiro atoms. The predicted octanol–water partition coefficient (Wildman–Crippen LogP) is 8.27. The maximum Gasteiger partial charge on any atom is 0.0521 e. The summed E-state index contributed by atoms with van der Waals surface area (Å²) in [5, 5.41) is 3.71. The summed E-state index contributed by atoms with van der Waals surface area (Å²) in [6.07, 6.45) is 17.7. The largest absolute Gasteiger partial charge is 0.384 e. The lowest BCUT2D eigenvalue weighted by atomic mass is 9.32. The topological polar surface area (TPSA) is 21.3 Å². The van der Waals surface area contributed by atoms with Gasteiger partial charge in [0.2, 0.25) is 0 Å². The van der Waals surface area contributed by atoms with E-state index < -0.39 is 0 Å². The third kappa shape index (κ3) is 3.54. The molecule has 196 valence electrons. The Bertz CT molecular complexity index is 745. The molecule has 0 heterocycles. The summed E-state index contributed by atoms with van der Waals surface area (Å²) >= 11 is 0. The van der Waals surface area contributed by atoms with Gasteiger partial charge >= 0.3 is 0 Å². The van der Waals surface area contributed by atoms with Crippen molar-refractivity contribution in [2.45, 2.75) is 118 Å². The molecule has 34 heavy (non-hydrogen) atoms. The maximum absolute atomic E-state index is 5.85. The van der Waals surface area contributed by atoms with E-state index in [1.54, 1.807) is 6.08 Å². The van der Waals surface area contributed by atoms with Crippen molar-refractivity contribution < 1.29 is 4.74 Å². The lowest BCUT2D eigenvalue weighted by Gasteiger charge is -2.73. The minimum atomic E-state index is 0.409. The van der Waals surface area contributed by atoms with Crippen LogP contribution in [0.5, 0.6) is 0 Å². The number of hydrogen-bond donors (Lipinski definition) is 1. The molecular formula is C32H57NO. The summed E-state index contributed by atoms with van der Waals surface area (Å²) < 4.78 is 5.85. The molecule has 0 radical (unpaired) electrons. The van der Waals surface area contributed by atoms with Crippen molar-refractivity contribution in [1.82, 2.24) is 5.32 Å². The minimum absolute atomic E-state index is 0.409. The van der Waals surface area contributed by atoms with Gasteiger partial charge in [-0.3, -0.25) is 0 Å². The standard InChI is InChI=1S/C29H51NO.C3H6/c1-25(2)22-12-16-28(5)23(26(22,3)15-13-24(25)30-6)11-10-20-21-9-8-14-29(21,19-31-7)18-17-27(20,28)4;1-3-2/h20-24,30H,8-19H2,1-7H3;3H,1H2,2H3/t20?,21?,22?,23?,24?,26?,27-,28?,29?;/m1./s1. The van der Waals surface area contributed by atoms with Crippen molar-refractivity contribution in [3.8, 4) is 0 Å². The van der Waals surface area contributed by atoms with Crippen molar-refractivity contribution in [2.24, 2.45) is 50.7 Å². The van der Waals surface area contributed by atoms with E-state index in [-0.39, 0.29) is 0 Å². The second-order valence-corrected chi connectivity index (χ2v) is 14.6. The molecule has 9 atom stereocenters. The van der Waals surface area contributed by atoms with Crippen LogP contribution in [-0.2, 0) is 4.74 Å². The Kier molecular flexibility index (Phi) is 7.23. The zero-order chi connectivity index (χ0) is 25.0. The van der Waals surface area contributed by atoms with Gasteiger partial charge in [0, 0.05) is 13.2 Å². The first-order valence-corrected chi connectivity index (χ1v) is 14.7. The Morgan fingerprint density at radius 1 is 0.824 bits per heavy atom. The second-order valence-electron chi connectivity index (χ2n) is 14.6. The van der Waals surface area contributed by atoms with Crippen molar-refractivity contribution in [3.05, 3.63) is 12.7 Å². The lowest BCUT2D eigenvalue weighted by Crippen LogP contribution is -2.67. The summed E-state index contributed by atoms with van der Waals surface area (Å²) in [6.45, 7) is 19.7. The highest BCUT2D eigenvalue weighted by Gasteiger charge is 2.69. The monoisotopic (exact) mass is 471 g/mol. The van der Waals surface area contributed by atoms with Crippen LogP contribution in [0.4, 0.5) is 0 Å². The molecule has 5 aliphatic carbocycles. The molecule has 0 saturated heterocycles. The number of nitrogens with one attached hydrogen (secondary N) is 1. The molecule has 5 aliphatic rings. The fourth-order valence-corrected chi connectivity index (χ4v) is 11.8. The van der Waals surface area contributed by atoms with E-state index in [1.807, 2.05) is 14.0 Å². The van der Waals surface area contributed by atoms with Gasteiger partial charge in [0.25, 0.3) is 0 Å². The number of allylic oxidation sites excluding steroid dienone is 1. The average molecular weight is 472 g/mol. The summed E-state index contributed by atoms with van der Waals surface area (Å²) in [4.78, 5) is 0. The first kappa shape index (κ1) is 26.7. The smallest absolute Gasteiger partial charge is 0.0521 e. The van der Waals surface area contributed by atoms with Gasteiger partial charge in [0.1, 0.15) is 0 Å². The highest BCUT2D eigenvalue weighted by atomic mass is 16.5. The summed E-state index contributed by atoms with van der Waals surface area (Å²) in [6, 6.07) is 0.685. The van der Waals surface area contributed by atoms with Crippen molar-refractivity contribution in [2.75, 3.05) is 20.8 Å². The van der Waals surface area contributed by atoms with Gasteiger partial charge in [-0.05, 0) is 129 Å². The van der Waals surface area contributed by atoms with Gasteiger partial charge in [-0.15, -0.1) is 6.58 Å². The van der Waals surface area contributed by atoms with E-state index in [0.717, 1.165) is 30.3 Å². The van der Waals surface area contributed by atoms with Crippen molar-refractivity contribution >= 4 is 0 Å². The van der Waals surface area contributed by atoms with E-state index >= 15 is 0 Å². The zero-order valence-electron chi connectivity index (χ0n) is 24.1. The SMILES string of the molecule is C=CC.CNC1CCC2(C)C(CCC3(C)C2CCC2C4CCCC4(COC)CC[C@]23C)C1(C)C.